The number of hydrogen-bond donors (Lipinski definition) is 1. The molecule has 0 aromatic carbocycles. The maximum atomic E-state index is 5.67. The van der Waals surface area contributed by atoms with E-state index < -0.39 is 0 Å². The second-order valence-electron chi connectivity index (χ2n) is 3.36. The van der Waals surface area contributed by atoms with Crippen molar-refractivity contribution < 1.29 is 4.52 Å². The molecule has 0 radical (unpaired) electrons. The van der Waals surface area contributed by atoms with Crippen molar-refractivity contribution in [1.29, 1.82) is 0 Å². The summed E-state index contributed by atoms with van der Waals surface area (Å²) in [5.74, 6) is 1.27. The highest BCUT2D eigenvalue weighted by Gasteiger charge is 2.10. The first-order chi connectivity index (χ1) is 7.20. The monoisotopic (exact) mass is 207 g/mol. The van der Waals surface area contributed by atoms with Gasteiger partial charge in [-0.15, -0.1) is 5.10 Å². The molecule has 2 aromatic rings. The minimum atomic E-state index is 0.484. The summed E-state index contributed by atoms with van der Waals surface area (Å²) in [5.41, 5.74) is 7.43. The molecule has 0 atom stereocenters. The molecule has 0 amide bonds. The van der Waals surface area contributed by atoms with E-state index in [1.54, 1.807) is 4.68 Å². The second-order valence-corrected chi connectivity index (χ2v) is 3.36. The van der Waals surface area contributed by atoms with Crippen LogP contribution in [0.5, 0.6) is 0 Å². The zero-order valence-corrected chi connectivity index (χ0v) is 8.77. The Kier molecular flexibility index (Phi) is 2.40. The van der Waals surface area contributed by atoms with E-state index in [0.29, 0.717) is 12.4 Å². The number of aryl methyl sites for hydroxylation is 1. The molecule has 0 bridgehead atoms. The molecule has 6 nitrogen and oxygen atoms in total. The molecule has 0 aliphatic carbocycles. The third-order valence-electron chi connectivity index (χ3n) is 2.19. The van der Waals surface area contributed by atoms with Crippen LogP contribution in [0.15, 0.2) is 10.6 Å². The lowest BCUT2D eigenvalue weighted by Gasteiger charge is -2.00. The molecule has 0 fully saturated rings. The van der Waals surface area contributed by atoms with Crippen LogP contribution in [-0.2, 0) is 13.0 Å². The van der Waals surface area contributed by atoms with Gasteiger partial charge in [0.05, 0.1) is 12.2 Å². The fraction of sp³-hybridized carbons (Fsp3) is 0.444. The number of hydrogen-bond acceptors (Lipinski definition) is 5. The normalized spacial score (nSPS) is 10.8. The van der Waals surface area contributed by atoms with E-state index in [1.807, 2.05) is 19.9 Å². The first-order valence-corrected chi connectivity index (χ1v) is 4.80. The van der Waals surface area contributed by atoms with Crippen LogP contribution in [0, 0.1) is 6.92 Å². The number of nitrogens with two attached hydrogens (primary N) is 1. The highest BCUT2D eigenvalue weighted by atomic mass is 16.5. The van der Waals surface area contributed by atoms with Crippen LogP contribution in [0.25, 0.3) is 0 Å². The Bertz CT molecular complexity index is 459. The molecule has 15 heavy (non-hydrogen) atoms. The second kappa shape index (κ2) is 3.72. The van der Waals surface area contributed by atoms with Crippen molar-refractivity contribution >= 4 is 5.82 Å². The lowest BCUT2D eigenvalue weighted by atomic mass is 10.3. The molecule has 80 valence electrons. The largest absolute Gasteiger partial charge is 0.381 e. The highest BCUT2D eigenvalue weighted by molar-refractivity contribution is 5.32. The topological polar surface area (TPSA) is 82.8 Å². The number of nitrogen functional groups attached to an aromatic ring is 1. The van der Waals surface area contributed by atoms with E-state index in [1.165, 1.54) is 0 Å². The fourth-order valence-corrected chi connectivity index (χ4v) is 1.48. The highest BCUT2D eigenvalue weighted by Crippen LogP contribution is 2.10. The Morgan fingerprint density at radius 3 is 2.93 bits per heavy atom. The van der Waals surface area contributed by atoms with Gasteiger partial charge in [0.15, 0.2) is 5.82 Å². The van der Waals surface area contributed by atoms with E-state index in [4.69, 9.17) is 10.3 Å². The smallest absolute Gasteiger partial charge is 0.169 e. The van der Waals surface area contributed by atoms with Crippen molar-refractivity contribution in [2.75, 3.05) is 5.73 Å². The summed E-state index contributed by atoms with van der Waals surface area (Å²) >= 11 is 0. The van der Waals surface area contributed by atoms with E-state index in [2.05, 4.69) is 15.5 Å². The minimum Gasteiger partial charge on any atom is -0.381 e. The van der Waals surface area contributed by atoms with Crippen LogP contribution in [0.2, 0.25) is 0 Å². The van der Waals surface area contributed by atoms with Crippen LogP contribution in [0.4, 0.5) is 5.82 Å². The Labute approximate surface area is 87.0 Å². The number of nitrogens with zero attached hydrogens (tertiary/aromatic N) is 4. The van der Waals surface area contributed by atoms with Crippen molar-refractivity contribution in [3.05, 3.63) is 23.2 Å². The van der Waals surface area contributed by atoms with Gasteiger partial charge in [-0.25, -0.2) is 4.68 Å². The first kappa shape index (κ1) is 9.70. The first-order valence-electron chi connectivity index (χ1n) is 4.80. The Hall–Kier alpha value is -1.85. The predicted octanol–water partition coefficient (Wildman–Crippen LogP) is 0.767. The van der Waals surface area contributed by atoms with Gasteiger partial charge in [0.1, 0.15) is 11.5 Å². The third kappa shape index (κ3) is 1.83. The Morgan fingerprint density at radius 2 is 2.33 bits per heavy atom. The van der Waals surface area contributed by atoms with Crippen LogP contribution in [0.1, 0.15) is 24.1 Å². The molecule has 0 saturated heterocycles. The van der Waals surface area contributed by atoms with Gasteiger partial charge < -0.3 is 10.3 Å². The van der Waals surface area contributed by atoms with E-state index in [9.17, 15) is 0 Å². The molecule has 2 rings (SSSR count). The number of aromatic nitrogens is 4. The SMILES string of the molecule is CCc1c(N)nnn1Cc1cc(C)on1. The summed E-state index contributed by atoms with van der Waals surface area (Å²) in [7, 11) is 0. The van der Waals surface area contributed by atoms with Crippen molar-refractivity contribution in [3.8, 4) is 0 Å². The van der Waals surface area contributed by atoms with E-state index in [-0.39, 0.29) is 0 Å². The molecule has 2 aromatic heterocycles. The average molecular weight is 207 g/mol. The molecular formula is C9H13N5O. The summed E-state index contributed by atoms with van der Waals surface area (Å²) in [5, 5.41) is 11.7. The molecule has 0 aliphatic rings. The average Bonchev–Trinajstić information content (AvgIpc) is 2.75. The van der Waals surface area contributed by atoms with Gasteiger partial charge in [0, 0.05) is 6.07 Å². The summed E-state index contributed by atoms with van der Waals surface area (Å²) in [6.07, 6.45) is 0.801. The lowest BCUT2D eigenvalue weighted by molar-refractivity contribution is 0.387. The molecule has 0 aliphatic heterocycles. The van der Waals surface area contributed by atoms with Crippen LogP contribution in [-0.4, -0.2) is 20.2 Å². The van der Waals surface area contributed by atoms with E-state index in [0.717, 1.165) is 23.6 Å². The molecule has 0 spiro atoms. The molecule has 6 heteroatoms. The quantitative estimate of drug-likeness (QED) is 0.803. The summed E-state index contributed by atoms with van der Waals surface area (Å²) in [6.45, 7) is 4.41. The maximum Gasteiger partial charge on any atom is 0.169 e. The van der Waals surface area contributed by atoms with E-state index >= 15 is 0 Å². The van der Waals surface area contributed by atoms with Gasteiger partial charge in [-0.05, 0) is 13.3 Å². The van der Waals surface area contributed by atoms with Crippen molar-refractivity contribution in [2.45, 2.75) is 26.8 Å². The van der Waals surface area contributed by atoms with Gasteiger partial charge >= 0.3 is 0 Å². The number of rotatable bonds is 3. The fourth-order valence-electron chi connectivity index (χ4n) is 1.48. The lowest BCUT2D eigenvalue weighted by Crippen LogP contribution is -2.06. The van der Waals surface area contributed by atoms with Crippen molar-refractivity contribution in [1.82, 2.24) is 20.2 Å². The van der Waals surface area contributed by atoms with Crippen LogP contribution >= 0.6 is 0 Å². The molecular weight excluding hydrogens is 194 g/mol. The maximum absolute atomic E-state index is 5.67. The number of anilines is 1. The molecule has 0 saturated carbocycles. The summed E-state index contributed by atoms with van der Waals surface area (Å²) in [6, 6.07) is 1.87. The standard InChI is InChI=1S/C9H13N5O/c1-3-8-9(10)11-13-14(8)5-7-4-6(2)15-12-7/h4H,3,5,10H2,1-2H3. The minimum absolute atomic E-state index is 0.484. The zero-order chi connectivity index (χ0) is 10.8. The molecule has 2 heterocycles. The van der Waals surface area contributed by atoms with Crippen LogP contribution < -0.4 is 5.73 Å². The van der Waals surface area contributed by atoms with Gasteiger partial charge in [0.2, 0.25) is 0 Å². The van der Waals surface area contributed by atoms with Gasteiger partial charge in [-0.1, -0.05) is 17.3 Å². The predicted molar refractivity (Wildman–Crippen MR) is 54.2 cm³/mol. The van der Waals surface area contributed by atoms with Gasteiger partial charge in [-0.2, -0.15) is 0 Å². The molecule has 0 unspecified atom stereocenters. The summed E-state index contributed by atoms with van der Waals surface area (Å²) < 4.78 is 6.72. The summed E-state index contributed by atoms with van der Waals surface area (Å²) in [4.78, 5) is 0. The Morgan fingerprint density at radius 1 is 1.53 bits per heavy atom. The van der Waals surface area contributed by atoms with Gasteiger partial charge in [-0.3, -0.25) is 0 Å². The van der Waals surface area contributed by atoms with Crippen molar-refractivity contribution in [2.24, 2.45) is 0 Å². The van der Waals surface area contributed by atoms with Crippen LogP contribution in [0.3, 0.4) is 0 Å². The zero-order valence-electron chi connectivity index (χ0n) is 8.77. The molecule has 2 N–H and O–H groups in total. The Balaban J connectivity index is 2.24. The van der Waals surface area contributed by atoms with Gasteiger partial charge in [0.25, 0.3) is 0 Å². The van der Waals surface area contributed by atoms with Crippen molar-refractivity contribution in [3.63, 3.8) is 0 Å². The third-order valence-corrected chi connectivity index (χ3v) is 2.19.